The molecule has 7 nitrogen and oxygen atoms in total. The van der Waals surface area contributed by atoms with Crippen LogP contribution in [-0.2, 0) is 21.4 Å². The average molecular weight is 517 g/mol. The van der Waals surface area contributed by atoms with Crippen LogP contribution in [0, 0.1) is 6.92 Å². The van der Waals surface area contributed by atoms with Crippen LogP contribution in [0.4, 0.5) is 11.4 Å². The topological polar surface area (TPSA) is 84.9 Å². The van der Waals surface area contributed by atoms with Gasteiger partial charge >= 0.3 is 0 Å². The molecule has 37 heavy (non-hydrogen) atoms. The summed E-state index contributed by atoms with van der Waals surface area (Å²) in [5.41, 5.74) is 3.01. The lowest BCUT2D eigenvalue weighted by atomic mass is 10.1. The molecule has 0 aromatic heterocycles. The molecule has 0 bridgehead atoms. The second-order valence-electron chi connectivity index (χ2n) is 8.50. The highest BCUT2D eigenvalue weighted by Crippen LogP contribution is 2.29. The summed E-state index contributed by atoms with van der Waals surface area (Å²) < 4.78 is 37.7. The molecule has 0 radical (unpaired) electrons. The van der Waals surface area contributed by atoms with Gasteiger partial charge in [-0.25, -0.2) is 8.42 Å². The normalized spacial score (nSPS) is 11.0. The zero-order valence-corrected chi connectivity index (χ0v) is 21.4. The molecule has 190 valence electrons. The first-order valence-electron chi connectivity index (χ1n) is 11.7. The van der Waals surface area contributed by atoms with Crippen LogP contribution in [0.1, 0.15) is 11.1 Å². The molecule has 0 fully saturated rings. The van der Waals surface area contributed by atoms with Crippen LogP contribution in [0.2, 0.25) is 0 Å². The number of aryl methyl sites for hydroxylation is 1. The van der Waals surface area contributed by atoms with E-state index in [0.717, 1.165) is 11.1 Å². The van der Waals surface area contributed by atoms with Gasteiger partial charge in [-0.05, 0) is 61.0 Å². The van der Waals surface area contributed by atoms with Crippen molar-refractivity contribution in [2.24, 2.45) is 0 Å². The van der Waals surface area contributed by atoms with E-state index < -0.39 is 10.0 Å². The minimum atomic E-state index is -3.51. The van der Waals surface area contributed by atoms with Gasteiger partial charge in [0.15, 0.2) is 12.4 Å². The standard InChI is InChI=1S/C29H28N2O5S/c1-22-12-14-23(15-13-22)20-31(37(2,33)34)24-16-18-25(19-17-24)35-21-29(32)30-27-10-6-7-11-28(27)36-26-8-4-3-5-9-26/h3-19H,20-21H2,1-2H3,(H,30,32). The summed E-state index contributed by atoms with van der Waals surface area (Å²) in [4.78, 5) is 12.5. The first-order valence-corrected chi connectivity index (χ1v) is 13.5. The molecule has 0 spiro atoms. The van der Waals surface area contributed by atoms with Crippen molar-refractivity contribution in [1.82, 2.24) is 0 Å². The van der Waals surface area contributed by atoms with Crippen LogP contribution in [0.25, 0.3) is 0 Å². The van der Waals surface area contributed by atoms with Crippen molar-refractivity contribution < 1.29 is 22.7 Å². The molecule has 0 aliphatic rings. The molecule has 0 aliphatic carbocycles. The van der Waals surface area contributed by atoms with Gasteiger partial charge in [-0.2, -0.15) is 0 Å². The maximum atomic E-state index is 12.5. The molecular formula is C29H28N2O5S. The van der Waals surface area contributed by atoms with E-state index in [9.17, 15) is 13.2 Å². The van der Waals surface area contributed by atoms with Crippen molar-refractivity contribution in [2.45, 2.75) is 13.5 Å². The SMILES string of the molecule is Cc1ccc(CN(c2ccc(OCC(=O)Nc3ccccc3Oc3ccccc3)cc2)S(C)(=O)=O)cc1. The number of anilines is 2. The van der Waals surface area contributed by atoms with E-state index in [1.807, 2.05) is 67.6 Å². The van der Waals surface area contributed by atoms with E-state index in [0.29, 0.717) is 28.6 Å². The first kappa shape index (κ1) is 25.8. The number of hydrogen-bond acceptors (Lipinski definition) is 5. The molecule has 4 rings (SSSR count). The smallest absolute Gasteiger partial charge is 0.262 e. The van der Waals surface area contributed by atoms with E-state index in [4.69, 9.17) is 9.47 Å². The van der Waals surface area contributed by atoms with E-state index in [-0.39, 0.29) is 19.1 Å². The molecule has 1 amide bonds. The summed E-state index contributed by atoms with van der Waals surface area (Å²) in [5.74, 6) is 1.26. The zero-order chi connectivity index (χ0) is 26.3. The molecule has 4 aromatic carbocycles. The molecule has 8 heteroatoms. The third kappa shape index (κ3) is 7.35. The van der Waals surface area contributed by atoms with Gasteiger partial charge in [-0.1, -0.05) is 60.2 Å². The van der Waals surface area contributed by atoms with Crippen molar-refractivity contribution >= 4 is 27.3 Å². The van der Waals surface area contributed by atoms with Gasteiger partial charge in [0, 0.05) is 0 Å². The first-order chi connectivity index (χ1) is 17.8. The third-order valence-electron chi connectivity index (χ3n) is 5.47. The van der Waals surface area contributed by atoms with Gasteiger partial charge < -0.3 is 14.8 Å². The largest absolute Gasteiger partial charge is 0.484 e. The molecule has 4 aromatic rings. The number of amides is 1. The van der Waals surface area contributed by atoms with Crippen LogP contribution in [0.5, 0.6) is 17.2 Å². The lowest BCUT2D eigenvalue weighted by Crippen LogP contribution is -2.29. The van der Waals surface area contributed by atoms with Gasteiger partial charge in [0.05, 0.1) is 24.2 Å². The zero-order valence-electron chi connectivity index (χ0n) is 20.6. The molecule has 0 atom stereocenters. The number of hydrogen-bond donors (Lipinski definition) is 1. The maximum absolute atomic E-state index is 12.5. The Kier molecular flexibility index (Phi) is 8.10. The van der Waals surface area contributed by atoms with Gasteiger partial charge in [-0.15, -0.1) is 0 Å². The lowest BCUT2D eigenvalue weighted by molar-refractivity contribution is -0.118. The van der Waals surface area contributed by atoms with Gasteiger partial charge in [0.2, 0.25) is 10.0 Å². The average Bonchev–Trinajstić information content (AvgIpc) is 2.89. The highest BCUT2D eigenvalue weighted by molar-refractivity contribution is 7.92. The number of nitrogens with zero attached hydrogens (tertiary/aromatic N) is 1. The molecule has 0 saturated heterocycles. The summed E-state index contributed by atoms with van der Waals surface area (Å²) in [6.45, 7) is 1.97. The van der Waals surface area contributed by atoms with Crippen LogP contribution >= 0.6 is 0 Å². The fraction of sp³-hybridized carbons (Fsp3) is 0.138. The minimum absolute atomic E-state index is 0.214. The van der Waals surface area contributed by atoms with Gasteiger partial charge in [-0.3, -0.25) is 9.10 Å². The fourth-order valence-corrected chi connectivity index (χ4v) is 4.47. The summed E-state index contributed by atoms with van der Waals surface area (Å²) >= 11 is 0. The molecule has 0 aliphatic heterocycles. The van der Waals surface area contributed by atoms with Gasteiger partial charge in [0.25, 0.3) is 5.91 Å². The molecule has 0 unspecified atom stereocenters. The van der Waals surface area contributed by atoms with Crippen LogP contribution < -0.4 is 19.1 Å². The summed E-state index contributed by atoms with van der Waals surface area (Å²) in [7, 11) is -3.51. The number of benzene rings is 4. The number of rotatable bonds is 10. The summed E-state index contributed by atoms with van der Waals surface area (Å²) in [5, 5.41) is 2.81. The summed E-state index contributed by atoms with van der Waals surface area (Å²) in [6.07, 6.45) is 1.18. The quantitative estimate of drug-likeness (QED) is 0.289. The number of para-hydroxylation sites is 3. The number of carbonyl (C=O) groups excluding carboxylic acids is 1. The van der Waals surface area contributed by atoms with Crippen LogP contribution in [-0.4, -0.2) is 27.2 Å². The number of nitrogens with one attached hydrogen (secondary N) is 1. The van der Waals surface area contributed by atoms with Crippen molar-refractivity contribution in [1.29, 1.82) is 0 Å². The maximum Gasteiger partial charge on any atom is 0.262 e. The van der Waals surface area contributed by atoms with E-state index in [1.54, 1.807) is 42.5 Å². The number of carbonyl (C=O) groups is 1. The molecular weight excluding hydrogens is 488 g/mol. The Balaban J connectivity index is 1.37. The number of sulfonamides is 1. The van der Waals surface area contributed by atoms with E-state index in [2.05, 4.69) is 5.32 Å². The minimum Gasteiger partial charge on any atom is -0.484 e. The van der Waals surface area contributed by atoms with Crippen molar-refractivity contribution in [3.63, 3.8) is 0 Å². The van der Waals surface area contributed by atoms with Crippen molar-refractivity contribution in [3.8, 4) is 17.2 Å². The highest BCUT2D eigenvalue weighted by Gasteiger charge is 2.18. The Hall–Kier alpha value is -4.30. The molecule has 0 heterocycles. The highest BCUT2D eigenvalue weighted by atomic mass is 32.2. The fourth-order valence-electron chi connectivity index (χ4n) is 3.58. The molecule has 1 N–H and O–H groups in total. The third-order valence-corrected chi connectivity index (χ3v) is 6.61. The van der Waals surface area contributed by atoms with E-state index in [1.165, 1.54) is 10.6 Å². The Labute approximate surface area is 217 Å². The molecule has 0 saturated carbocycles. The lowest BCUT2D eigenvalue weighted by Gasteiger charge is -2.23. The van der Waals surface area contributed by atoms with E-state index >= 15 is 0 Å². The Bertz CT molecular complexity index is 1440. The predicted molar refractivity (Wildman–Crippen MR) is 146 cm³/mol. The monoisotopic (exact) mass is 516 g/mol. The van der Waals surface area contributed by atoms with Crippen molar-refractivity contribution in [3.05, 3.63) is 114 Å². The summed E-state index contributed by atoms with van der Waals surface area (Å²) in [6, 6.07) is 30.8. The predicted octanol–water partition coefficient (Wildman–Crippen LogP) is 5.77. The van der Waals surface area contributed by atoms with Crippen molar-refractivity contribution in [2.75, 3.05) is 22.5 Å². The van der Waals surface area contributed by atoms with Gasteiger partial charge in [0.1, 0.15) is 11.5 Å². The Morgan fingerprint density at radius 3 is 2.14 bits per heavy atom. The Morgan fingerprint density at radius 2 is 1.46 bits per heavy atom. The van der Waals surface area contributed by atoms with Crippen LogP contribution in [0.3, 0.4) is 0 Å². The second-order valence-corrected chi connectivity index (χ2v) is 10.4. The second kappa shape index (κ2) is 11.6. The Morgan fingerprint density at radius 1 is 0.811 bits per heavy atom. The van der Waals surface area contributed by atoms with Crippen LogP contribution in [0.15, 0.2) is 103 Å². The number of ether oxygens (including phenoxy) is 2.